The van der Waals surface area contributed by atoms with Gasteiger partial charge in [-0.1, -0.05) is 131 Å². The molecule has 0 aliphatic carbocycles. The summed E-state index contributed by atoms with van der Waals surface area (Å²) in [6.45, 7) is 0.787. The van der Waals surface area contributed by atoms with Crippen LogP contribution in [-0.4, -0.2) is 46.9 Å². The standard InChI is InChI=1S/C29H29Cl3N4O5/c30-29(31,32)28(37)34-27-24(35-36-33)26(40-18-22-14-8-3-9-15-22)25(39-17-21-12-6-2-7-13-21)23(41-27)19-38-16-20-10-4-1-5-11-20/h1-15,23-27H,16-19H2,(H,34,37)/t23-,24-,25+,26-,27-/m1/s1. The van der Waals surface area contributed by atoms with Gasteiger partial charge in [-0.05, 0) is 22.2 Å². The summed E-state index contributed by atoms with van der Waals surface area (Å²) in [6.07, 6.45) is -3.58. The third kappa shape index (κ3) is 9.33. The summed E-state index contributed by atoms with van der Waals surface area (Å²) in [7, 11) is 0. The summed E-state index contributed by atoms with van der Waals surface area (Å²) >= 11 is 17.5. The second-order valence-corrected chi connectivity index (χ2v) is 11.6. The largest absolute Gasteiger partial charge is 0.374 e. The predicted molar refractivity (Wildman–Crippen MR) is 156 cm³/mol. The maximum absolute atomic E-state index is 12.6. The molecular formula is C29H29Cl3N4O5. The van der Waals surface area contributed by atoms with E-state index >= 15 is 0 Å². The van der Waals surface area contributed by atoms with E-state index in [1.807, 2.05) is 91.0 Å². The average molecular weight is 620 g/mol. The summed E-state index contributed by atoms with van der Waals surface area (Å²) in [6, 6.07) is 27.7. The highest BCUT2D eigenvalue weighted by molar-refractivity contribution is 6.76. The highest BCUT2D eigenvalue weighted by Crippen LogP contribution is 2.32. The fourth-order valence-corrected chi connectivity index (χ4v) is 4.53. The first-order valence-electron chi connectivity index (χ1n) is 12.8. The Bertz CT molecular complexity index is 1280. The molecule has 1 N–H and O–H groups in total. The summed E-state index contributed by atoms with van der Waals surface area (Å²) in [5, 5.41) is 6.47. The molecule has 0 unspecified atom stereocenters. The van der Waals surface area contributed by atoms with Gasteiger partial charge in [-0.15, -0.1) is 0 Å². The van der Waals surface area contributed by atoms with E-state index < -0.39 is 40.3 Å². The van der Waals surface area contributed by atoms with Gasteiger partial charge < -0.3 is 24.3 Å². The Morgan fingerprint density at radius 1 is 0.829 bits per heavy atom. The van der Waals surface area contributed by atoms with Gasteiger partial charge in [-0.3, -0.25) is 4.79 Å². The zero-order valence-corrected chi connectivity index (χ0v) is 24.2. The number of carbonyl (C=O) groups is 1. The van der Waals surface area contributed by atoms with Crippen LogP contribution in [-0.2, 0) is 43.6 Å². The van der Waals surface area contributed by atoms with E-state index in [4.69, 9.17) is 53.8 Å². The van der Waals surface area contributed by atoms with Crippen LogP contribution in [0.5, 0.6) is 0 Å². The third-order valence-electron chi connectivity index (χ3n) is 6.34. The van der Waals surface area contributed by atoms with Crippen molar-refractivity contribution < 1.29 is 23.7 Å². The van der Waals surface area contributed by atoms with Crippen molar-refractivity contribution in [2.24, 2.45) is 5.11 Å². The topological polar surface area (TPSA) is 115 Å². The predicted octanol–water partition coefficient (Wildman–Crippen LogP) is 6.26. The monoisotopic (exact) mass is 618 g/mol. The van der Waals surface area contributed by atoms with Crippen LogP contribution < -0.4 is 5.32 Å². The zero-order chi connectivity index (χ0) is 29.1. The maximum atomic E-state index is 12.6. The number of hydrogen-bond donors (Lipinski definition) is 1. The van der Waals surface area contributed by atoms with E-state index in [-0.39, 0.29) is 19.8 Å². The van der Waals surface area contributed by atoms with Crippen molar-refractivity contribution in [1.29, 1.82) is 0 Å². The molecule has 41 heavy (non-hydrogen) atoms. The number of alkyl halides is 3. The minimum Gasteiger partial charge on any atom is -0.374 e. The Labute approximate surface area is 253 Å². The molecule has 0 bridgehead atoms. The minimum atomic E-state index is -2.27. The average Bonchev–Trinajstić information content (AvgIpc) is 2.98. The number of benzene rings is 3. The molecule has 1 heterocycles. The second-order valence-electron chi connectivity index (χ2n) is 9.29. The van der Waals surface area contributed by atoms with Crippen molar-refractivity contribution in [3.8, 4) is 0 Å². The van der Waals surface area contributed by atoms with Gasteiger partial charge in [-0.25, -0.2) is 0 Å². The molecule has 1 fully saturated rings. The molecular weight excluding hydrogens is 591 g/mol. The van der Waals surface area contributed by atoms with Gasteiger partial charge in [0, 0.05) is 4.91 Å². The molecule has 3 aromatic rings. The maximum Gasteiger partial charge on any atom is 0.274 e. The fourth-order valence-electron chi connectivity index (χ4n) is 4.37. The molecule has 0 spiro atoms. The van der Waals surface area contributed by atoms with Crippen molar-refractivity contribution in [2.45, 2.75) is 54.2 Å². The van der Waals surface area contributed by atoms with Crippen molar-refractivity contribution in [3.05, 3.63) is 118 Å². The molecule has 1 amide bonds. The molecule has 3 aromatic carbocycles. The number of carbonyl (C=O) groups excluding carboxylic acids is 1. The van der Waals surface area contributed by atoms with Gasteiger partial charge in [0.05, 0.1) is 32.5 Å². The molecule has 1 saturated heterocycles. The number of hydrogen-bond acceptors (Lipinski definition) is 6. The van der Waals surface area contributed by atoms with Crippen molar-refractivity contribution in [2.75, 3.05) is 6.61 Å². The smallest absolute Gasteiger partial charge is 0.274 e. The molecule has 12 heteroatoms. The summed E-state index contributed by atoms with van der Waals surface area (Å²) in [5.74, 6) is -0.944. The molecule has 216 valence electrons. The molecule has 1 aliphatic heterocycles. The lowest BCUT2D eigenvalue weighted by atomic mass is 9.95. The number of nitrogens with one attached hydrogen (secondary N) is 1. The van der Waals surface area contributed by atoms with Gasteiger partial charge in [0.15, 0.2) is 0 Å². The summed E-state index contributed by atoms with van der Waals surface area (Å²) in [5.41, 5.74) is 12.2. The lowest BCUT2D eigenvalue weighted by molar-refractivity contribution is -0.233. The zero-order valence-electron chi connectivity index (χ0n) is 21.9. The van der Waals surface area contributed by atoms with Crippen LogP contribution in [0.25, 0.3) is 10.4 Å². The molecule has 5 atom stereocenters. The van der Waals surface area contributed by atoms with Crippen molar-refractivity contribution in [1.82, 2.24) is 5.32 Å². The van der Waals surface area contributed by atoms with Crippen LogP contribution in [0.15, 0.2) is 96.1 Å². The number of rotatable bonds is 12. The van der Waals surface area contributed by atoms with E-state index in [1.165, 1.54) is 0 Å². The first-order chi connectivity index (χ1) is 19.8. The molecule has 1 aliphatic rings. The van der Waals surface area contributed by atoms with Crippen molar-refractivity contribution in [3.63, 3.8) is 0 Å². The van der Waals surface area contributed by atoms with Gasteiger partial charge >= 0.3 is 0 Å². The molecule has 0 radical (unpaired) electrons. The Morgan fingerprint density at radius 3 is 1.80 bits per heavy atom. The minimum absolute atomic E-state index is 0.0721. The first-order valence-corrected chi connectivity index (χ1v) is 14.0. The molecule has 0 aromatic heterocycles. The van der Waals surface area contributed by atoms with Gasteiger partial charge in [0.2, 0.25) is 0 Å². The highest BCUT2D eigenvalue weighted by Gasteiger charge is 2.49. The normalized spacial score (nSPS) is 22.5. The Hall–Kier alpha value is -2.85. The van der Waals surface area contributed by atoms with Gasteiger partial charge in [0.25, 0.3) is 9.70 Å². The number of ether oxygens (including phenoxy) is 4. The SMILES string of the molecule is [N-]=[N+]=N[C@@H]1[C@@H](OCc2ccccc2)[C@@H](OCc2ccccc2)[C@@H](COCc2ccccc2)O[C@H]1NC(=O)C(Cl)(Cl)Cl. The molecule has 0 saturated carbocycles. The molecule has 4 rings (SSSR count). The summed E-state index contributed by atoms with van der Waals surface area (Å²) in [4.78, 5) is 15.6. The quantitative estimate of drug-likeness (QED) is 0.111. The van der Waals surface area contributed by atoms with Crippen LogP contribution in [0.3, 0.4) is 0 Å². The van der Waals surface area contributed by atoms with Crippen molar-refractivity contribution >= 4 is 40.7 Å². The molecule has 9 nitrogen and oxygen atoms in total. The van der Waals surface area contributed by atoms with Crippen LogP contribution in [0.4, 0.5) is 0 Å². The van der Waals surface area contributed by atoms with E-state index in [1.54, 1.807) is 0 Å². The number of amides is 1. The van der Waals surface area contributed by atoms with Crippen LogP contribution >= 0.6 is 34.8 Å². The number of halogens is 3. The Kier molecular flexibility index (Phi) is 11.7. The lowest BCUT2D eigenvalue weighted by Gasteiger charge is -2.45. The van der Waals surface area contributed by atoms with Gasteiger partial charge in [0.1, 0.15) is 24.5 Å². The Balaban J connectivity index is 1.63. The van der Waals surface area contributed by atoms with E-state index in [0.29, 0.717) is 6.61 Å². The van der Waals surface area contributed by atoms with E-state index in [9.17, 15) is 10.3 Å². The number of nitrogens with zero attached hydrogens (tertiary/aromatic N) is 3. The summed E-state index contributed by atoms with van der Waals surface area (Å²) < 4.78 is 22.7. The van der Waals surface area contributed by atoms with E-state index in [2.05, 4.69) is 15.3 Å². The van der Waals surface area contributed by atoms with E-state index in [0.717, 1.165) is 16.7 Å². The van der Waals surface area contributed by atoms with Gasteiger partial charge in [-0.2, -0.15) is 0 Å². The number of azide groups is 1. The van der Waals surface area contributed by atoms with Crippen LogP contribution in [0, 0.1) is 0 Å². The van der Waals surface area contributed by atoms with Crippen LogP contribution in [0.1, 0.15) is 16.7 Å². The van der Waals surface area contributed by atoms with Crippen LogP contribution in [0.2, 0.25) is 0 Å². The Morgan fingerprint density at radius 2 is 1.32 bits per heavy atom. The third-order valence-corrected chi connectivity index (χ3v) is 6.85. The first kappa shape index (κ1) is 31.1. The highest BCUT2D eigenvalue weighted by atomic mass is 35.6. The fraction of sp³-hybridized carbons (Fsp3) is 0.345. The second kappa shape index (κ2) is 15.4. The lowest BCUT2D eigenvalue weighted by Crippen LogP contribution is -2.64.